The molecule has 4 unspecified atom stereocenters. The molecule has 2 bridgehead atoms. The maximum atomic E-state index is 12.9. The Labute approximate surface area is 184 Å². The number of para-hydroxylation sites is 1. The number of nitrogens with zero attached hydrogens (tertiary/aromatic N) is 2. The van der Waals surface area contributed by atoms with Gasteiger partial charge in [-0.05, 0) is 30.3 Å². The van der Waals surface area contributed by atoms with Gasteiger partial charge in [-0.15, -0.1) is 0 Å². The molecule has 0 amide bonds. The van der Waals surface area contributed by atoms with Crippen molar-refractivity contribution in [2.24, 2.45) is 11.8 Å². The molecule has 0 aliphatic carbocycles. The van der Waals surface area contributed by atoms with Gasteiger partial charge in [0.25, 0.3) is 5.69 Å². The third kappa shape index (κ3) is 3.41. The van der Waals surface area contributed by atoms with Crippen molar-refractivity contribution in [2.75, 3.05) is 24.5 Å². The van der Waals surface area contributed by atoms with E-state index in [1.165, 1.54) is 24.3 Å². The van der Waals surface area contributed by atoms with E-state index in [0.29, 0.717) is 5.02 Å². The molecule has 2 fully saturated rings. The fraction of sp³-hybridized carbons (Fsp3) is 0.333. The number of halogens is 1. The third-order valence-electron chi connectivity index (χ3n) is 6.42. The fourth-order valence-corrected chi connectivity index (χ4v) is 6.30. The van der Waals surface area contributed by atoms with Gasteiger partial charge in [0.2, 0.25) is 10.0 Å². The van der Waals surface area contributed by atoms with Crippen LogP contribution >= 0.6 is 11.6 Å². The van der Waals surface area contributed by atoms with Gasteiger partial charge in [-0.1, -0.05) is 35.9 Å². The number of sulfonamides is 1. The number of hydrogen-bond donors (Lipinski definition) is 1. The summed E-state index contributed by atoms with van der Waals surface area (Å²) in [5, 5.41) is 11.9. The molecule has 10 heteroatoms. The quantitative estimate of drug-likeness (QED) is 0.403. The van der Waals surface area contributed by atoms with Gasteiger partial charge in [-0.3, -0.25) is 10.1 Å². The van der Waals surface area contributed by atoms with Crippen molar-refractivity contribution in [3.8, 4) is 0 Å². The molecule has 31 heavy (non-hydrogen) atoms. The van der Waals surface area contributed by atoms with E-state index in [1.54, 1.807) is 0 Å². The standard InChI is InChI=1S/C21H20ClN3O5S/c22-14-5-7-15(8-6-14)24-11-16-17(12-24)21(10-9-19(16)30-21)13-23-31(28,29)20-4-2-1-3-18(20)25(26)27/h1-10,16-17,19,23H,11-13H2. The van der Waals surface area contributed by atoms with Gasteiger partial charge in [0.1, 0.15) is 5.60 Å². The summed E-state index contributed by atoms with van der Waals surface area (Å²) in [7, 11) is -4.09. The lowest BCUT2D eigenvalue weighted by atomic mass is 9.78. The molecule has 2 saturated heterocycles. The normalized spacial score (nSPS) is 28.8. The highest BCUT2D eigenvalue weighted by Gasteiger charge is 2.59. The maximum absolute atomic E-state index is 12.9. The predicted molar refractivity (Wildman–Crippen MR) is 116 cm³/mol. The number of ether oxygens (including phenoxy) is 1. The van der Waals surface area contributed by atoms with E-state index < -0.39 is 26.2 Å². The molecule has 2 aromatic rings. The second-order valence-electron chi connectivity index (χ2n) is 8.10. The highest BCUT2D eigenvalue weighted by atomic mass is 35.5. The van der Waals surface area contributed by atoms with E-state index in [-0.39, 0.29) is 29.4 Å². The molecule has 5 rings (SSSR count). The van der Waals surface area contributed by atoms with Crippen LogP contribution in [-0.4, -0.2) is 44.7 Å². The van der Waals surface area contributed by atoms with Crippen molar-refractivity contribution in [2.45, 2.75) is 16.6 Å². The van der Waals surface area contributed by atoms with Crippen LogP contribution in [0.5, 0.6) is 0 Å². The molecular formula is C21H20ClN3O5S. The molecule has 3 aliphatic rings. The van der Waals surface area contributed by atoms with E-state index in [1.807, 2.05) is 36.4 Å². The molecule has 3 heterocycles. The molecule has 4 atom stereocenters. The Morgan fingerprint density at radius 2 is 1.94 bits per heavy atom. The molecule has 0 aromatic heterocycles. The van der Waals surface area contributed by atoms with Crippen LogP contribution in [0, 0.1) is 22.0 Å². The minimum atomic E-state index is -4.09. The summed E-state index contributed by atoms with van der Waals surface area (Å²) in [5.41, 5.74) is -0.158. The Balaban J connectivity index is 1.36. The SMILES string of the molecule is O=[N+]([O-])c1ccccc1S(=O)(=O)NCC12C=CC(O1)C1CN(c3ccc(Cl)cc3)CC12. The van der Waals surface area contributed by atoms with E-state index in [2.05, 4.69) is 9.62 Å². The first kappa shape index (κ1) is 20.4. The van der Waals surface area contributed by atoms with Gasteiger partial charge in [0, 0.05) is 48.2 Å². The lowest BCUT2D eigenvalue weighted by molar-refractivity contribution is -0.387. The Kier molecular flexibility index (Phi) is 4.82. The summed E-state index contributed by atoms with van der Waals surface area (Å²) < 4.78 is 34.5. The van der Waals surface area contributed by atoms with Crippen molar-refractivity contribution in [3.05, 3.63) is 75.8 Å². The van der Waals surface area contributed by atoms with E-state index in [4.69, 9.17) is 16.3 Å². The number of benzene rings is 2. The topological polar surface area (TPSA) is 102 Å². The number of nitro benzene ring substituents is 1. The molecule has 8 nitrogen and oxygen atoms in total. The number of rotatable bonds is 6. The Morgan fingerprint density at radius 1 is 1.19 bits per heavy atom. The summed E-state index contributed by atoms with van der Waals surface area (Å²) in [5.74, 6) is 0.350. The molecule has 0 saturated carbocycles. The summed E-state index contributed by atoms with van der Waals surface area (Å²) in [6.45, 7) is 1.55. The molecule has 0 spiro atoms. The Morgan fingerprint density at radius 3 is 2.68 bits per heavy atom. The van der Waals surface area contributed by atoms with Crippen molar-refractivity contribution >= 4 is 33.0 Å². The van der Waals surface area contributed by atoms with Crippen LogP contribution in [-0.2, 0) is 14.8 Å². The number of hydrogen-bond acceptors (Lipinski definition) is 6. The van der Waals surface area contributed by atoms with Crippen LogP contribution in [0.3, 0.4) is 0 Å². The first-order valence-corrected chi connectivity index (χ1v) is 11.8. The van der Waals surface area contributed by atoms with Gasteiger partial charge >= 0.3 is 0 Å². The van der Waals surface area contributed by atoms with Crippen LogP contribution < -0.4 is 9.62 Å². The summed E-state index contributed by atoms with van der Waals surface area (Å²) >= 11 is 6.00. The second kappa shape index (κ2) is 7.30. The van der Waals surface area contributed by atoms with Crippen LogP contribution in [0.1, 0.15) is 0 Å². The second-order valence-corrected chi connectivity index (χ2v) is 10.3. The first-order chi connectivity index (χ1) is 14.8. The number of nitro groups is 1. The van der Waals surface area contributed by atoms with Crippen molar-refractivity contribution < 1.29 is 18.1 Å². The minimum absolute atomic E-state index is 0.0179. The third-order valence-corrected chi connectivity index (χ3v) is 8.12. The number of anilines is 1. The summed E-state index contributed by atoms with van der Waals surface area (Å²) in [4.78, 5) is 12.5. The van der Waals surface area contributed by atoms with Gasteiger partial charge < -0.3 is 9.64 Å². The highest BCUT2D eigenvalue weighted by molar-refractivity contribution is 7.89. The van der Waals surface area contributed by atoms with E-state index >= 15 is 0 Å². The van der Waals surface area contributed by atoms with E-state index in [9.17, 15) is 18.5 Å². The molecule has 1 N–H and O–H groups in total. The highest BCUT2D eigenvalue weighted by Crippen LogP contribution is 2.51. The van der Waals surface area contributed by atoms with E-state index in [0.717, 1.165) is 18.8 Å². The lowest BCUT2D eigenvalue weighted by Crippen LogP contribution is -2.47. The molecule has 3 aliphatic heterocycles. The van der Waals surface area contributed by atoms with Crippen molar-refractivity contribution in [1.82, 2.24) is 4.72 Å². The zero-order valence-electron chi connectivity index (χ0n) is 16.3. The molecule has 162 valence electrons. The predicted octanol–water partition coefficient (Wildman–Crippen LogP) is 2.99. The zero-order valence-corrected chi connectivity index (χ0v) is 17.9. The maximum Gasteiger partial charge on any atom is 0.289 e. The van der Waals surface area contributed by atoms with Crippen molar-refractivity contribution in [3.63, 3.8) is 0 Å². The molecule has 0 radical (unpaired) electrons. The summed E-state index contributed by atoms with van der Waals surface area (Å²) in [6, 6.07) is 13.0. The molecule has 2 aromatic carbocycles. The average Bonchev–Trinajstić information content (AvgIpc) is 3.45. The Hall–Kier alpha value is -2.46. The van der Waals surface area contributed by atoms with Gasteiger partial charge in [-0.2, -0.15) is 0 Å². The van der Waals surface area contributed by atoms with Crippen LogP contribution in [0.2, 0.25) is 5.02 Å². The van der Waals surface area contributed by atoms with Crippen LogP contribution in [0.4, 0.5) is 11.4 Å². The number of nitrogens with one attached hydrogen (secondary N) is 1. The minimum Gasteiger partial charge on any atom is -0.371 e. The van der Waals surface area contributed by atoms with Gasteiger partial charge in [0.15, 0.2) is 4.90 Å². The average molecular weight is 462 g/mol. The van der Waals surface area contributed by atoms with Crippen LogP contribution in [0.15, 0.2) is 65.6 Å². The molecular weight excluding hydrogens is 442 g/mol. The van der Waals surface area contributed by atoms with Gasteiger partial charge in [-0.25, -0.2) is 13.1 Å². The van der Waals surface area contributed by atoms with Crippen molar-refractivity contribution in [1.29, 1.82) is 0 Å². The Bertz CT molecular complexity index is 1170. The number of fused-ring (bicyclic) bond motifs is 5. The van der Waals surface area contributed by atoms with Crippen LogP contribution in [0.25, 0.3) is 0 Å². The van der Waals surface area contributed by atoms with Gasteiger partial charge in [0.05, 0.1) is 11.0 Å². The zero-order chi connectivity index (χ0) is 21.8. The monoisotopic (exact) mass is 461 g/mol. The lowest BCUT2D eigenvalue weighted by Gasteiger charge is -2.31. The largest absolute Gasteiger partial charge is 0.371 e. The fourth-order valence-electron chi connectivity index (χ4n) is 4.92. The summed E-state index contributed by atoms with van der Waals surface area (Å²) in [6.07, 6.45) is 3.86. The smallest absolute Gasteiger partial charge is 0.289 e. The first-order valence-electron chi connectivity index (χ1n) is 9.90.